The molecule has 1 N–H and O–H groups in total. The van der Waals surface area contributed by atoms with E-state index in [2.05, 4.69) is 26.1 Å². The molecule has 1 atom stereocenters. The van der Waals surface area contributed by atoms with Crippen LogP contribution in [0.3, 0.4) is 0 Å². The molecular weight excluding hydrogens is 442 g/mol. The number of halogens is 2. The van der Waals surface area contributed by atoms with Gasteiger partial charge in [0.2, 0.25) is 0 Å². The Bertz CT molecular complexity index is 986. The Hall–Kier alpha value is -2.15. The minimum absolute atomic E-state index is 0.0354. The maximum Gasteiger partial charge on any atom is 0.273 e. The van der Waals surface area contributed by atoms with Crippen LogP contribution in [-0.4, -0.2) is 41.3 Å². The summed E-state index contributed by atoms with van der Waals surface area (Å²) in [6.45, 7) is 1.21. The van der Waals surface area contributed by atoms with Crippen LogP contribution < -0.4 is 0 Å². The summed E-state index contributed by atoms with van der Waals surface area (Å²) in [5.41, 5.74) is 4.21. The van der Waals surface area contributed by atoms with Crippen LogP contribution in [0.25, 0.3) is 11.3 Å². The van der Waals surface area contributed by atoms with Gasteiger partial charge in [-0.1, -0.05) is 51.8 Å². The quantitative estimate of drug-likeness (QED) is 0.522. The minimum Gasteiger partial charge on any atom is -0.385 e. The molecule has 2 heterocycles. The van der Waals surface area contributed by atoms with E-state index < -0.39 is 0 Å². The van der Waals surface area contributed by atoms with Crippen LogP contribution in [0.2, 0.25) is 5.02 Å². The van der Waals surface area contributed by atoms with Crippen molar-refractivity contribution in [2.75, 3.05) is 20.3 Å². The number of nitrogens with one attached hydrogen (secondary N) is 1. The van der Waals surface area contributed by atoms with Crippen molar-refractivity contribution >= 4 is 33.4 Å². The zero-order chi connectivity index (χ0) is 19.7. The number of benzene rings is 2. The molecule has 1 unspecified atom stereocenters. The van der Waals surface area contributed by atoms with Crippen molar-refractivity contribution < 1.29 is 9.53 Å². The lowest BCUT2D eigenvalue weighted by Gasteiger charge is -2.26. The van der Waals surface area contributed by atoms with Crippen molar-refractivity contribution in [3.8, 4) is 11.3 Å². The van der Waals surface area contributed by atoms with Crippen molar-refractivity contribution in [1.82, 2.24) is 15.1 Å². The lowest BCUT2D eigenvalue weighted by Crippen LogP contribution is -2.31. The highest BCUT2D eigenvalue weighted by atomic mass is 79.9. The number of H-pyrrole nitrogens is 1. The summed E-state index contributed by atoms with van der Waals surface area (Å²) in [6, 6.07) is 15.4. The average molecular weight is 461 g/mol. The third-order valence-corrected chi connectivity index (χ3v) is 5.70. The topological polar surface area (TPSA) is 58.2 Å². The van der Waals surface area contributed by atoms with Gasteiger partial charge in [0.15, 0.2) is 0 Å². The third kappa shape index (κ3) is 3.48. The van der Waals surface area contributed by atoms with E-state index >= 15 is 0 Å². The second kappa shape index (κ2) is 8.07. The van der Waals surface area contributed by atoms with Crippen LogP contribution in [-0.2, 0) is 4.74 Å². The molecule has 0 saturated heterocycles. The predicted octanol–water partition coefficient (Wildman–Crippen LogP) is 5.07. The van der Waals surface area contributed by atoms with E-state index in [0.29, 0.717) is 23.9 Å². The molecule has 0 radical (unpaired) electrons. The van der Waals surface area contributed by atoms with Gasteiger partial charge in [0.1, 0.15) is 5.69 Å². The first-order valence-electron chi connectivity index (χ1n) is 8.99. The largest absolute Gasteiger partial charge is 0.385 e. The number of aromatic nitrogens is 2. The first kappa shape index (κ1) is 19.2. The number of fused-ring (bicyclic) bond motifs is 1. The number of hydrogen-bond acceptors (Lipinski definition) is 3. The van der Waals surface area contributed by atoms with E-state index in [4.69, 9.17) is 16.3 Å². The molecule has 0 spiro atoms. The molecule has 0 saturated carbocycles. The number of nitrogens with zero attached hydrogens (tertiary/aromatic N) is 2. The molecule has 4 rings (SSSR count). The average Bonchev–Trinajstić information content (AvgIpc) is 3.23. The van der Waals surface area contributed by atoms with E-state index in [1.807, 2.05) is 53.4 Å². The fraction of sp³-hybridized carbons (Fsp3) is 0.238. The molecule has 0 aliphatic carbocycles. The summed E-state index contributed by atoms with van der Waals surface area (Å²) < 4.78 is 6.18. The summed E-state index contributed by atoms with van der Waals surface area (Å²) >= 11 is 9.53. The summed E-state index contributed by atoms with van der Waals surface area (Å²) in [4.78, 5) is 15.0. The molecule has 0 bridgehead atoms. The maximum atomic E-state index is 13.1. The number of carbonyl (C=O) groups excluding carboxylic acids is 1. The van der Waals surface area contributed by atoms with Gasteiger partial charge < -0.3 is 9.64 Å². The Morgan fingerprint density at radius 3 is 2.57 bits per heavy atom. The number of rotatable bonds is 6. The highest BCUT2D eigenvalue weighted by molar-refractivity contribution is 9.10. The highest BCUT2D eigenvalue weighted by Gasteiger charge is 2.41. The Labute approximate surface area is 176 Å². The van der Waals surface area contributed by atoms with Crippen LogP contribution in [0.15, 0.2) is 53.0 Å². The van der Waals surface area contributed by atoms with Crippen LogP contribution in [0.4, 0.5) is 0 Å². The van der Waals surface area contributed by atoms with Gasteiger partial charge in [-0.2, -0.15) is 5.10 Å². The van der Waals surface area contributed by atoms with E-state index in [9.17, 15) is 4.79 Å². The number of methoxy groups -OCH3 is 1. The molecule has 28 heavy (non-hydrogen) atoms. The molecule has 1 aliphatic heterocycles. The van der Waals surface area contributed by atoms with Crippen molar-refractivity contribution in [3.63, 3.8) is 0 Å². The lowest BCUT2D eigenvalue weighted by atomic mass is 9.96. The minimum atomic E-state index is -0.197. The lowest BCUT2D eigenvalue weighted by molar-refractivity contribution is 0.0723. The monoisotopic (exact) mass is 459 g/mol. The van der Waals surface area contributed by atoms with Gasteiger partial charge in [0.25, 0.3) is 5.91 Å². The van der Waals surface area contributed by atoms with E-state index in [1.165, 1.54) is 0 Å². The SMILES string of the molecule is COCCCN1C(=O)c2[nH]nc(-c3ccc(Cl)cc3)c2C1c1ccc(Br)cc1. The molecular formula is C21H19BrClN3O2. The molecule has 7 heteroatoms. The van der Waals surface area contributed by atoms with Gasteiger partial charge in [0.05, 0.1) is 11.7 Å². The number of aromatic amines is 1. The van der Waals surface area contributed by atoms with Crippen LogP contribution in [0.1, 0.15) is 34.1 Å². The Kier molecular flexibility index (Phi) is 5.53. The van der Waals surface area contributed by atoms with Gasteiger partial charge in [-0.25, -0.2) is 0 Å². The van der Waals surface area contributed by atoms with Gasteiger partial charge in [-0.3, -0.25) is 9.89 Å². The summed E-state index contributed by atoms with van der Waals surface area (Å²) in [5.74, 6) is -0.0354. The number of ether oxygens (including phenoxy) is 1. The summed E-state index contributed by atoms with van der Waals surface area (Å²) in [7, 11) is 1.67. The van der Waals surface area contributed by atoms with Gasteiger partial charge >= 0.3 is 0 Å². The van der Waals surface area contributed by atoms with Gasteiger partial charge in [-0.05, 0) is 36.2 Å². The normalized spacial score (nSPS) is 15.9. The highest BCUT2D eigenvalue weighted by Crippen LogP contribution is 2.43. The first-order chi connectivity index (χ1) is 13.6. The van der Waals surface area contributed by atoms with E-state index in [0.717, 1.165) is 33.3 Å². The predicted molar refractivity (Wildman–Crippen MR) is 113 cm³/mol. The van der Waals surface area contributed by atoms with Crippen LogP contribution >= 0.6 is 27.5 Å². The fourth-order valence-electron chi connectivity index (χ4n) is 3.63. The third-order valence-electron chi connectivity index (χ3n) is 4.91. The van der Waals surface area contributed by atoms with E-state index in [-0.39, 0.29) is 11.9 Å². The second-order valence-corrected chi connectivity index (χ2v) is 8.02. The van der Waals surface area contributed by atoms with E-state index in [1.54, 1.807) is 7.11 Å². The summed E-state index contributed by atoms with van der Waals surface area (Å²) in [6.07, 6.45) is 0.767. The molecule has 0 fully saturated rings. The Morgan fingerprint density at radius 1 is 1.18 bits per heavy atom. The number of carbonyl (C=O) groups is 1. The van der Waals surface area contributed by atoms with Crippen LogP contribution in [0, 0.1) is 0 Å². The molecule has 144 valence electrons. The Morgan fingerprint density at radius 2 is 1.89 bits per heavy atom. The fourth-order valence-corrected chi connectivity index (χ4v) is 4.02. The van der Waals surface area contributed by atoms with Crippen molar-refractivity contribution in [3.05, 3.63) is 74.8 Å². The number of amides is 1. The van der Waals surface area contributed by atoms with Crippen LogP contribution in [0.5, 0.6) is 0 Å². The summed E-state index contributed by atoms with van der Waals surface area (Å²) in [5, 5.41) is 8.09. The van der Waals surface area contributed by atoms with Crippen molar-refractivity contribution in [2.45, 2.75) is 12.5 Å². The van der Waals surface area contributed by atoms with Gasteiger partial charge in [-0.15, -0.1) is 0 Å². The van der Waals surface area contributed by atoms with Crippen molar-refractivity contribution in [1.29, 1.82) is 0 Å². The maximum absolute atomic E-state index is 13.1. The molecule has 3 aromatic rings. The smallest absolute Gasteiger partial charge is 0.273 e. The van der Waals surface area contributed by atoms with Gasteiger partial charge in [0, 0.05) is 40.9 Å². The molecule has 1 amide bonds. The standard InChI is InChI=1S/C21H19BrClN3O2/c1-28-12-2-11-26-20(14-3-7-15(22)8-4-14)17-18(24-25-19(17)21(26)27)13-5-9-16(23)10-6-13/h3-10,20H,2,11-12H2,1H3,(H,24,25). The molecule has 2 aromatic carbocycles. The zero-order valence-electron chi connectivity index (χ0n) is 15.3. The first-order valence-corrected chi connectivity index (χ1v) is 10.2. The molecule has 1 aromatic heterocycles. The zero-order valence-corrected chi connectivity index (χ0v) is 17.6. The molecule has 1 aliphatic rings. The Balaban J connectivity index is 1.80. The number of hydrogen-bond donors (Lipinski definition) is 1. The van der Waals surface area contributed by atoms with Crippen molar-refractivity contribution in [2.24, 2.45) is 0 Å². The second-order valence-electron chi connectivity index (χ2n) is 6.67. The molecule has 5 nitrogen and oxygen atoms in total.